The summed E-state index contributed by atoms with van der Waals surface area (Å²) in [6.07, 6.45) is 0.924. The minimum absolute atomic E-state index is 0.215. The van der Waals surface area contributed by atoms with Crippen LogP contribution in [0.5, 0.6) is 5.75 Å². The molecule has 0 unspecified atom stereocenters. The third kappa shape index (κ3) is 4.84. The molecule has 0 saturated carbocycles. The van der Waals surface area contributed by atoms with E-state index in [2.05, 4.69) is 0 Å². The number of carbonyl (C=O) groups excluding carboxylic acids is 1. The molecule has 5 heteroatoms. The number of benzene rings is 1. The first-order valence-corrected chi connectivity index (χ1v) is 6.13. The van der Waals surface area contributed by atoms with E-state index >= 15 is 0 Å². The van der Waals surface area contributed by atoms with Gasteiger partial charge in [0.1, 0.15) is 10.8 Å². The fourth-order valence-corrected chi connectivity index (χ4v) is 1.57. The van der Waals surface area contributed by atoms with Gasteiger partial charge < -0.3 is 9.47 Å². The topological polar surface area (TPSA) is 35.5 Å². The van der Waals surface area contributed by atoms with Gasteiger partial charge in [0.05, 0.1) is 18.2 Å². The van der Waals surface area contributed by atoms with Crippen LogP contribution in [0.3, 0.4) is 0 Å². The molecule has 0 heterocycles. The van der Waals surface area contributed by atoms with E-state index in [0.29, 0.717) is 41.9 Å². The fourth-order valence-electron chi connectivity index (χ4n) is 1.23. The molecule has 0 atom stereocenters. The number of halogens is 2. The van der Waals surface area contributed by atoms with Crippen molar-refractivity contribution in [3.63, 3.8) is 0 Å². The minimum atomic E-state index is -0.215. The van der Waals surface area contributed by atoms with Crippen LogP contribution in [-0.4, -0.2) is 19.2 Å². The molecule has 3 nitrogen and oxygen atoms in total. The third-order valence-electron chi connectivity index (χ3n) is 2.00. The average molecular weight is 277 g/mol. The predicted octanol–water partition coefficient (Wildman–Crippen LogP) is 3.72. The van der Waals surface area contributed by atoms with Gasteiger partial charge in [-0.2, -0.15) is 0 Å². The van der Waals surface area contributed by atoms with Crippen molar-refractivity contribution < 1.29 is 14.3 Å². The van der Waals surface area contributed by atoms with Crippen LogP contribution in [-0.2, 0) is 9.53 Å². The quantitative estimate of drug-likeness (QED) is 0.587. The van der Waals surface area contributed by atoms with Crippen molar-refractivity contribution >= 4 is 29.2 Å². The molecule has 0 spiro atoms. The van der Waals surface area contributed by atoms with Gasteiger partial charge >= 0.3 is 5.97 Å². The van der Waals surface area contributed by atoms with Crippen LogP contribution < -0.4 is 4.74 Å². The van der Waals surface area contributed by atoms with Crippen LogP contribution >= 0.6 is 23.2 Å². The molecule has 0 fully saturated rings. The zero-order valence-electron chi connectivity index (χ0n) is 9.54. The predicted molar refractivity (Wildman–Crippen MR) is 67.8 cm³/mol. The molecule has 0 bridgehead atoms. The van der Waals surface area contributed by atoms with Gasteiger partial charge in [0.15, 0.2) is 0 Å². The summed E-state index contributed by atoms with van der Waals surface area (Å²) in [5.74, 6) is 0.316. The van der Waals surface area contributed by atoms with E-state index in [9.17, 15) is 4.79 Å². The van der Waals surface area contributed by atoms with E-state index in [-0.39, 0.29) is 5.97 Å². The minimum Gasteiger partial charge on any atom is -0.492 e. The molecular weight excluding hydrogens is 263 g/mol. The van der Waals surface area contributed by atoms with E-state index in [1.54, 1.807) is 25.1 Å². The largest absolute Gasteiger partial charge is 0.492 e. The Balaban J connectivity index is 2.31. The summed E-state index contributed by atoms with van der Waals surface area (Å²) in [5, 5.41) is 0.847. The summed E-state index contributed by atoms with van der Waals surface area (Å²) in [5.41, 5.74) is 0. The van der Waals surface area contributed by atoms with E-state index in [0.717, 1.165) is 0 Å². The number of rotatable bonds is 6. The van der Waals surface area contributed by atoms with Crippen LogP contribution in [0.15, 0.2) is 18.2 Å². The zero-order valence-corrected chi connectivity index (χ0v) is 11.1. The van der Waals surface area contributed by atoms with Gasteiger partial charge in [0.25, 0.3) is 0 Å². The van der Waals surface area contributed by atoms with Crippen molar-refractivity contribution in [3.05, 3.63) is 28.2 Å². The summed E-state index contributed by atoms with van der Waals surface area (Å²) in [6.45, 7) is 2.58. The fraction of sp³-hybridized carbons (Fsp3) is 0.417. The molecule has 0 aliphatic rings. The van der Waals surface area contributed by atoms with Gasteiger partial charge in [-0.3, -0.25) is 4.79 Å². The van der Waals surface area contributed by atoms with E-state index < -0.39 is 0 Å². The monoisotopic (exact) mass is 276 g/mol. The van der Waals surface area contributed by atoms with Crippen molar-refractivity contribution in [1.82, 2.24) is 0 Å². The highest BCUT2D eigenvalue weighted by Gasteiger charge is 2.06. The standard InChI is InChI=1S/C12H14Cl2O3/c1-2-16-11(15)7-4-8-17-10-6-3-5-9(13)12(10)14/h3,5-6H,2,4,7-8H2,1H3. The third-order valence-corrected chi connectivity index (χ3v) is 2.81. The lowest BCUT2D eigenvalue weighted by Crippen LogP contribution is -2.06. The van der Waals surface area contributed by atoms with Crippen LogP contribution in [0.4, 0.5) is 0 Å². The first-order chi connectivity index (χ1) is 8.15. The smallest absolute Gasteiger partial charge is 0.305 e. The second-order valence-electron chi connectivity index (χ2n) is 3.31. The molecule has 1 rings (SSSR count). The van der Waals surface area contributed by atoms with Crippen molar-refractivity contribution in [3.8, 4) is 5.75 Å². The molecule has 0 radical (unpaired) electrons. The van der Waals surface area contributed by atoms with E-state index in [4.69, 9.17) is 32.7 Å². The van der Waals surface area contributed by atoms with Gasteiger partial charge in [0, 0.05) is 6.42 Å². The normalized spacial score (nSPS) is 10.1. The Hall–Kier alpha value is -0.930. The summed E-state index contributed by atoms with van der Waals surface area (Å²) in [7, 11) is 0. The Morgan fingerprint density at radius 1 is 1.35 bits per heavy atom. The first kappa shape index (κ1) is 14.1. The number of hydrogen-bond donors (Lipinski definition) is 0. The maximum Gasteiger partial charge on any atom is 0.305 e. The Labute approximate surface area is 111 Å². The summed E-state index contributed by atoms with van der Waals surface area (Å²) in [4.78, 5) is 11.1. The molecule has 1 aromatic carbocycles. The first-order valence-electron chi connectivity index (χ1n) is 5.37. The Kier molecular flexibility index (Phi) is 6.16. The van der Waals surface area contributed by atoms with Gasteiger partial charge in [-0.05, 0) is 25.5 Å². The second-order valence-corrected chi connectivity index (χ2v) is 4.09. The van der Waals surface area contributed by atoms with Crippen molar-refractivity contribution in [2.75, 3.05) is 13.2 Å². The lowest BCUT2D eigenvalue weighted by molar-refractivity contribution is -0.143. The molecule has 0 aliphatic carbocycles. The van der Waals surface area contributed by atoms with Crippen molar-refractivity contribution in [2.24, 2.45) is 0 Å². The maximum atomic E-state index is 11.1. The molecule has 0 saturated heterocycles. The summed E-state index contributed by atoms with van der Waals surface area (Å²) < 4.78 is 10.2. The lowest BCUT2D eigenvalue weighted by atomic mass is 10.3. The van der Waals surface area contributed by atoms with Gasteiger partial charge in [0.2, 0.25) is 0 Å². The highest BCUT2D eigenvalue weighted by atomic mass is 35.5. The highest BCUT2D eigenvalue weighted by molar-refractivity contribution is 6.42. The van der Waals surface area contributed by atoms with E-state index in [1.165, 1.54) is 0 Å². The summed E-state index contributed by atoms with van der Waals surface area (Å²) in [6, 6.07) is 5.18. The second kappa shape index (κ2) is 7.41. The lowest BCUT2D eigenvalue weighted by Gasteiger charge is -2.08. The van der Waals surface area contributed by atoms with Crippen LogP contribution in [0.2, 0.25) is 10.0 Å². The number of carbonyl (C=O) groups is 1. The molecule has 94 valence electrons. The molecule has 0 aliphatic heterocycles. The van der Waals surface area contributed by atoms with Crippen molar-refractivity contribution in [2.45, 2.75) is 19.8 Å². The van der Waals surface area contributed by atoms with Crippen LogP contribution in [0.25, 0.3) is 0 Å². The van der Waals surface area contributed by atoms with Crippen LogP contribution in [0.1, 0.15) is 19.8 Å². The Morgan fingerprint density at radius 2 is 2.12 bits per heavy atom. The SMILES string of the molecule is CCOC(=O)CCCOc1cccc(Cl)c1Cl. The molecule has 0 aromatic heterocycles. The van der Waals surface area contributed by atoms with Gasteiger partial charge in [-0.1, -0.05) is 29.3 Å². The molecule has 1 aromatic rings. The molecule has 17 heavy (non-hydrogen) atoms. The number of hydrogen-bond acceptors (Lipinski definition) is 3. The Morgan fingerprint density at radius 3 is 2.82 bits per heavy atom. The van der Waals surface area contributed by atoms with Gasteiger partial charge in [-0.15, -0.1) is 0 Å². The molecule has 0 amide bonds. The zero-order chi connectivity index (χ0) is 12.7. The van der Waals surface area contributed by atoms with Crippen LogP contribution in [0, 0.1) is 0 Å². The van der Waals surface area contributed by atoms with E-state index in [1.807, 2.05) is 0 Å². The maximum absolute atomic E-state index is 11.1. The number of ether oxygens (including phenoxy) is 2. The molecule has 0 N–H and O–H groups in total. The Bertz CT molecular complexity index is 380. The average Bonchev–Trinajstić information content (AvgIpc) is 2.30. The summed E-state index contributed by atoms with van der Waals surface area (Å²) >= 11 is 11.8. The molecular formula is C12H14Cl2O3. The highest BCUT2D eigenvalue weighted by Crippen LogP contribution is 2.31. The van der Waals surface area contributed by atoms with Crippen molar-refractivity contribution in [1.29, 1.82) is 0 Å². The number of esters is 1. The van der Waals surface area contributed by atoms with Gasteiger partial charge in [-0.25, -0.2) is 0 Å².